The molecule has 2 aromatic rings. The van der Waals surface area contributed by atoms with E-state index < -0.39 is 0 Å². The molecular formula is C21H27N3O2. The lowest BCUT2D eigenvalue weighted by Crippen LogP contribution is -2.47. The first kappa shape index (κ1) is 18.4. The number of nitrogens with zero attached hydrogens (tertiary/aromatic N) is 1. The van der Waals surface area contributed by atoms with E-state index in [-0.39, 0.29) is 18.7 Å². The van der Waals surface area contributed by atoms with Crippen molar-refractivity contribution in [2.75, 3.05) is 23.7 Å². The van der Waals surface area contributed by atoms with Gasteiger partial charge in [-0.05, 0) is 44.4 Å². The molecule has 0 aliphatic carbocycles. The van der Waals surface area contributed by atoms with Crippen molar-refractivity contribution in [3.63, 3.8) is 0 Å². The molecule has 1 aliphatic rings. The van der Waals surface area contributed by atoms with Crippen LogP contribution < -0.4 is 10.6 Å². The number of aliphatic hydroxyl groups excluding tert-OH is 1. The Kier molecular flexibility index (Phi) is 6.26. The molecule has 26 heavy (non-hydrogen) atoms. The van der Waals surface area contributed by atoms with Gasteiger partial charge in [-0.25, -0.2) is 0 Å². The van der Waals surface area contributed by atoms with Gasteiger partial charge in [0.25, 0.3) is 0 Å². The van der Waals surface area contributed by atoms with Gasteiger partial charge in [-0.1, -0.05) is 35.9 Å². The minimum atomic E-state index is -0.00353. The molecular weight excluding hydrogens is 326 g/mol. The van der Waals surface area contributed by atoms with Crippen molar-refractivity contribution in [3.8, 4) is 0 Å². The number of carbonyl (C=O) groups excluding carboxylic acids is 1. The Labute approximate surface area is 155 Å². The molecule has 5 nitrogen and oxygen atoms in total. The maximum absolute atomic E-state index is 12.4. The van der Waals surface area contributed by atoms with Crippen molar-refractivity contribution >= 4 is 17.3 Å². The topological polar surface area (TPSA) is 64.6 Å². The third-order valence-electron chi connectivity index (χ3n) is 4.77. The molecule has 5 heteroatoms. The van der Waals surface area contributed by atoms with Crippen LogP contribution in [0, 0.1) is 6.92 Å². The number of amides is 1. The fourth-order valence-electron chi connectivity index (χ4n) is 3.42. The van der Waals surface area contributed by atoms with Crippen LogP contribution in [0.25, 0.3) is 0 Å². The lowest BCUT2D eigenvalue weighted by atomic mass is 10.1. The van der Waals surface area contributed by atoms with E-state index >= 15 is 0 Å². The number of likely N-dealkylation sites (tertiary alicyclic amines) is 1. The third-order valence-corrected chi connectivity index (χ3v) is 4.77. The van der Waals surface area contributed by atoms with Gasteiger partial charge < -0.3 is 15.7 Å². The van der Waals surface area contributed by atoms with Crippen LogP contribution in [-0.2, 0) is 11.4 Å². The highest BCUT2D eigenvalue weighted by molar-refractivity contribution is 5.92. The van der Waals surface area contributed by atoms with Crippen LogP contribution in [0.3, 0.4) is 0 Å². The first-order valence-corrected chi connectivity index (χ1v) is 9.21. The highest BCUT2D eigenvalue weighted by Crippen LogP contribution is 2.23. The van der Waals surface area contributed by atoms with Gasteiger partial charge in [0.05, 0.1) is 19.3 Å². The van der Waals surface area contributed by atoms with Crippen LogP contribution in [0.1, 0.15) is 30.4 Å². The largest absolute Gasteiger partial charge is 0.392 e. The van der Waals surface area contributed by atoms with Gasteiger partial charge in [0.15, 0.2) is 0 Å². The van der Waals surface area contributed by atoms with E-state index in [0.29, 0.717) is 6.54 Å². The summed E-state index contributed by atoms with van der Waals surface area (Å²) in [6.45, 7) is 3.27. The average molecular weight is 353 g/mol. The number of hydrogen-bond donors (Lipinski definition) is 3. The SMILES string of the molecule is Cc1ccc(NC2CCCCN2CC(=O)Nc2ccccc2)c(CO)c1. The Hall–Kier alpha value is -2.37. The number of anilines is 2. The van der Waals surface area contributed by atoms with Crippen LogP contribution in [-0.4, -0.2) is 35.2 Å². The molecule has 1 saturated heterocycles. The number of hydrogen-bond acceptors (Lipinski definition) is 4. The molecule has 2 aromatic carbocycles. The third kappa shape index (κ3) is 4.84. The number of aryl methyl sites for hydroxylation is 1. The Morgan fingerprint density at radius 1 is 1.19 bits per heavy atom. The standard InChI is InChI=1S/C21H27N3O2/c1-16-10-11-19(17(13-16)15-25)23-20-9-5-6-12-24(20)14-21(26)22-18-7-3-2-4-8-18/h2-4,7-8,10-11,13,20,23,25H,5-6,9,12,14-15H2,1H3,(H,22,26). The van der Waals surface area contributed by atoms with E-state index in [1.165, 1.54) is 0 Å². The van der Waals surface area contributed by atoms with E-state index in [2.05, 4.69) is 15.5 Å². The van der Waals surface area contributed by atoms with E-state index in [1.807, 2.05) is 55.5 Å². The zero-order valence-electron chi connectivity index (χ0n) is 15.2. The predicted octanol–water partition coefficient (Wildman–Crippen LogP) is 3.35. The normalized spacial score (nSPS) is 17.7. The van der Waals surface area contributed by atoms with E-state index in [1.54, 1.807) is 0 Å². The molecule has 1 unspecified atom stereocenters. The Bertz CT molecular complexity index is 733. The molecule has 1 amide bonds. The fourth-order valence-corrected chi connectivity index (χ4v) is 3.42. The first-order valence-electron chi connectivity index (χ1n) is 9.21. The summed E-state index contributed by atoms with van der Waals surface area (Å²) < 4.78 is 0. The number of nitrogens with one attached hydrogen (secondary N) is 2. The fraction of sp³-hybridized carbons (Fsp3) is 0.381. The summed E-state index contributed by atoms with van der Waals surface area (Å²) >= 11 is 0. The van der Waals surface area contributed by atoms with Crippen LogP contribution >= 0.6 is 0 Å². The molecule has 1 atom stereocenters. The van der Waals surface area contributed by atoms with E-state index in [0.717, 1.165) is 48.3 Å². The molecule has 0 aromatic heterocycles. The average Bonchev–Trinajstić information content (AvgIpc) is 2.65. The predicted molar refractivity (Wildman–Crippen MR) is 105 cm³/mol. The van der Waals surface area contributed by atoms with Crippen molar-refractivity contribution in [3.05, 3.63) is 59.7 Å². The molecule has 1 fully saturated rings. The summed E-state index contributed by atoms with van der Waals surface area (Å²) in [6, 6.07) is 15.6. The van der Waals surface area contributed by atoms with Gasteiger partial charge in [0.1, 0.15) is 0 Å². The minimum Gasteiger partial charge on any atom is -0.392 e. The first-order chi connectivity index (χ1) is 12.7. The van der Waals surface area contributed by atoms with Gasteiger partial charge in [0.2, 0.25) is 5.91 Å². The van der Waals surface area contributed by atoms with Crippen molar-refractivity contribution in [1.29, 1.82) is 0 Å². The van der Waals surface area contributed by atoms with E-state index in [4.69, 9.17) is 0 Å². The summed E-state index contributed by atoms with van der Waals surface area (Å²) in [4.78, 5) is 14.6. The summed E-state index contributed by atoms with van der Waals surface area (Å²) in [5.74, 6) is -0.00353. The Balaban J connectivity index is 1.65. The molecule has 1 heterocycles. The zero-order valence-corrected chi connectivity index (χ0v) is 15.2. The highest BCUT2D eigenvalue weighted by atomic mass is 16.3. The molecule has 0 bridgehead atoms. The van der Waals surface area contributed by atoms with Crippen LogP contribution in [0.5, 0.6) is 0 Å². The second-order valence-corrected chi connectivity index (χ2v) is 6.86. The van der Waals surface area contributed by atoms with Crippen molar-refractivity contribution in [2.24, 2.45) is 0 Å². The van der Waals surface area contributed by atoms with Gasteiger partial charge >= 0.3 is 0 Å². The summed E-state index contributed by atoms with van der Waals surface area (Å²) in [7, 11) is 0. The van der Waals surface area contributed by atoms with Crippen molar-refractivity contribution < 1.29 is 9.90 Å². The number of carbonyl (C=O) groups is 1. The van der Waals surface area contributed by atoms with Crippen LogP contribution in [0.2, 0.25) is 0 Å². The number of rotatable bonds is 6. The summed E-state index contributed by atoms with van der Waals surface area (Å²) in [6.07, 6.45) is 3.31. The monoisotopic (exact) mass is 353 g/mol. The Morgan fingerprint density at radius 3 is 2.77 bits per heavy atom. The number of benzene rings is 2. The molecule has 3 rings (SSSR count). The summed E-state index contributed by atoms with van der Waals surface area (Å²) in [5.41, 5.74) is 3.78. The minimum absolute atomic E-state index is 0.00353. The number of piperidine rings is 1. The molecule has 3 N–H and O–H groups in total. The lowest BCUT2D eigenvalue weighted by Gasteiger charge is -2.36. The van der Waals surface area contributed by atoms with Crippen molar-refractivity contribution in [2.45, 2.75) is 39.0 Å². The molecule has 0 saturated carbocycles. The van der Waals surface area contributed by atoms with Gasteiger partial charge in [-0.3, -0.25) is 9.69 Å². The quantitative estimate of drug-likeness (QED) is 0.745. The Morgan fingerprint density at radius 2 is 2.00 bits per heavy atom. The highest BCUT2D eigenvalue weighted by Gasteiger charge is 2.24. The number of para-hydroxylation sites is 1. The molecule has 0 spiro atoms. The van der Waals surface area contributed by atoms with Crippen LogP contribution in [0.15, 0.2) is 48.5 Å². The van der Waals surface area contributed by atoms with Crippen molar-refractivity contribution in [1.82, 2.24) is 4.90 Å². The second-order valence-electron chi connectivity index (χ2n) is 6.86. The van der Waals surface area contributed by atoms with Gasteiger partial charge in [-0.15, -0.1) is 0 Å². The summed E-state index contributed by atoms with van der Waals surface area (Å²) in [5, 5.41) is 16.1. The number of aliphatic hydroxyl groups is 1. The lowest BCUT2D eigenvalue weighted by molar-refractivity contribution is -0.118. The molecule has 138 valence electrons. The smallest absolute Gasteiger partial charge is 0.238 e. The van der Waals surface area contributed by atoms with Gasteiger partial charge in [-0.2, -0.15) is 0 Å². The maximum atomic E-state index is 12.4. The second kappa shape index (κ2) is 8.83. The van der Waals surface area contributed by atoms with Crippen LogP contribution in [0.4, 0.5) is 11.4 Å². The van der Waals surface area contributed by atoms with E-state index in [9.17, 15) is 9.90 Å². The van der Waals surface area contributed by atoms with Gasteiger partial charge in [0, 0.05) is 23.5 Å². The maximum Gasteiger partial charge on any atom is 0.238 e. The zero-order chi connectivity index (χ0) is 18.4. The molecule has 0 radical (unpaired) electrons. The molecule has 1 aliphatic heterocycles.